The number of hydrogen-bond donors (Lipinski definition) is 5. The van der Waals surface area contributed by atoms with Gasteiger partial charge in [0.05, 0.1) is 18.5 Å². The predicted molar refractivity (Wildman–Crippen MR) is 135 cm³/mol. The molecule has 0 aromatic rings. The lowest BCUT2D eigenvalue weighted by Gasteiger charge is -2.25. The quantitative estimate of drug-likeness (QED) is 0.180. The molecule has 0 saturated carbocycles. The molecule has 0 aromatic carbocycles. The van der Waals surface area contributed by atoms with Gasteiger partial charge < -0.3 is 26.4 Å². The Bertz CT molecular complexity index is 698. The van der Waals surface area contributed by atoms with Crippen LogP contribution in [0.1, 0.15) is 87.0 Å². The van der Waals surface area contributed by atoms with Crippen molar-refractivity contribution in [3.63, 3.8) is 0 Å². The first-order chi connectivity index (χ1) is 16.2. The van der Waals surface area contributed by atoms with E-state index in [1.807, 2.05) is 27.7 Å². The number of carboxylic acids is 1. The zero-order valence-electron chi connectivity index (χ0n) is 22.4. The van der Waals surface area contributed by atoms with Gasteiger partial charge in [-0.1, -0.05) is 41.5 Å². The summed E-state index contributed by atoms with van der Waals surface area (Å²) in [7, 11) is 0. The average molecular weight is 499 g/mol. The summed E-state index contributed by atoms with van der Waals surface area (Å²) in [6, 6.07) is -1.79. The highest BCUT2D eigenvalue weighted by Gasteiger charge is 2.28. The number of carboxylic acid groups (broad SMARTS) is 1. The Labute approximate surface area is 209 Å². The number of hydrogen-bond acceptors (Lipinski definition) is 6. The molecule has 0 aromatic heterocycles. The number of carbonyl (C=O) groups is 5. The molecule has 3 atom stereocenters. The maximum Gasteiger partial charge on any atom is 0.303 e. The van der Waals surface area contributed by atoms with E-state index in [1.165, 1.54) is 0 Å². The summed E-state index contributed by atoms with van der Waals surface area (Å²) in [5, 5.41) is 20.0. The van der Waals surface area contributed by atoms with Gasteiger partial charge in [0.15, 0.2) is 5.78 Å². The van der Waals surface area contributed by atoms with E-state index in [1.54, 1.807) is 20.8 Å². The lowest BCUT2D eigenvalue weighted by Crippen LogP contribution is -2.55. The first-order valence-corrected chi connectivity index (χ1v) is 12.6. The minimum Gasteiger partial charge on any atom is -0.481 e. The SMILES string of the molecule is CC(C)C[C@H](NC(C)C)C(=O)NC(C)C(=O)N[C@@H](CCCCNC(=O)CCC(=O)O)C(=O)C(C)C. The molecule has 1 unspecified atom stereocenters. The molecule has 202 valence electrons. The number of unbranched alkanes of at least 4 members (excludes halogenated alkanes) is 1. The lowest BCUT2D eigenvalue weighted by atomic mass is 9.96. The summed E-state index contributed by atoms with van der Waals surface area (Å²) in [5.41, 5.74) is 0. The number of carbonyl (C=O) groups excluding carboxylic acids is 4. The molecule has 10 heteroatoms. The Hall–Kier alpha value is -2.49. The lowest BCUT2D eigenvalue weighted by molar-refractivity contribution is -0.138. The molecule has 0 aliphatic carbocycles. The van der Waals surface area contributed by atoms with Crippen molar-refractivity contribution in [2.75, 3.05) is 6.54 Å². The number of aliphatic carboxylic acids is 1. The highest BCUT2D eigenvalue weighted by Crippen LogP contribution is 2.09. The zero-order chi connectivity index (χ0) is 27.1. The van der Waals surface area contributed by atoms with Crippen molar-refractivity contribution in [2.24, 2.45) is 11.8 Å². The minimum atomic E-state index is -1.03. The van der Waals surface area contributed by atoms with Crippen LogP contribution < -0.4 is 21.3 Å². The van der Waals surface area contributed by atoms with Crippen molar-refractivity contribution < 1.29 is 29.1 Å². The molecule has 0 heterocycles. The van der Waals surface area contributed by atoms with Gasteiger partial charge in [-0.15, -0.1) is 0 Å². The van der Waals surface area contributed by atoms with E-state index in [4.69, 9.17) is 5.11 Å². The fraction of sp³-hybridized carbons (Fsp3) is 0.800. The maximum atomic E-state index is 12.8. The van der Waals surface area contributed by atoms with Crippen LogP contribution >= 0.6 is 0 Å². The minimum absolute atomic E-state index is 0.0752. The molecule has 5 N–H and O–H groups in total. The smallest absolute Gasteiger partial charge is 0.303 e. The second-order valence-corrected chi connectivity index (χ2v) is 10.1. The van der Waals surface area contributed by atoms with E-state index in [9.17, 15) is 24.0 Å². The molecule has 0 aliphatic rings. The van der Waals surface area contributed by atoms with Crippen LogP contribution in [0.5, 0.6) is 0 Å². The van der Waals surface area contributed by atoms with Crippen LogP contribution in [0.15, 0.2) is 0 Å². The summed E-state index contributed by atoms with van der Waals surface area (Å²) in [6.45, 7) is 13.5. The second kappa shape index (κ2) is 17.0. The van der Waals surface area contributed by atoms with E-state index in [-0.39, 0.29) is 42.4 Å². The van der Waals surface area contributed by atoms with Crippen molar-refractivity contribution in [2.45, 2.75) is 111 Å². The van der Waals surface area contributed by atoms with Crippen molar-refractivity contribution in [1.29, 1.82) is 0 Å². The summed E-state index contributed by atoms with van der Waals surface area (Å²) in [6.07, 6.45) is 1.91. The van der Waals surface area contributed by atoms with Gasteiger partial charge in [-0.05, 0) is 38.5 Å². The average Bonchev–Trinajstić information content (AvgIpc) is 2.74. The largest absolute Gasteiger partial charge is 0.481 e. The standard InChI is InChI=1S/C25H46N4O6/c1-15(2)14-20(27-17(5)6)25(35)28-18(7)24(34)29-19(23(33)16(3)4)10-8-9-13-26-21(30)11-12-22(31)32/h15-20,27H,8-14H2,1-7H3,(H,26,30)(H,28,35)(H,29,34)(H,31,32)/t18?,19-,20-/m0/s1. The summed E-state index contributed by atoms with van der Waals surface area (Å²) in [4.78, 5) is 60.3. The molecule has 0 rings (SSSR count). The number of rotatable bonds is 18. The normalized spacial score (nSPS) is 13.9. The van der Waals surface area contributed by atoms with Gasteiger partial charge in [0.2, 0.25) is 17.7 Å². The van der Waals surface area contributed by atoms with Crippen molar-refractivity contribution in [1.82, 2.24) is 21.3 Å². The first-order valence-electron chi connectivity index (χ1n) is 12.6. The predicted octanol–water partition coefficient (Wildman–Crippen LogP) is 1.77. The van der Waals surface area contributed by atoms with Gasteiger partial charge in [-0.2, -0.15) is 0 Å². The molecular weight excluding hydrogens is 452 g/mol. The van der Waals surface area contributed by atoms with Gasteiger partial charge in [0.1, 0.15) is 6.04 Å². The van der Waals surface area contributed by atoms with Crippen LogP contribution in [0.25, 0.3) is 0 Å². The van der Waals surface area contributed by atoms with Crippen LogP contribution in [0, 0.1) is 11.8 Å². The van der Waals surface area contributed by atoms with Crippen LogP contribution in [-0.4, -0.2) is 65.3 Å². The topological polar surface area (TPSA) is 154 Å². The second-order valence-electron chi connectivity index (χ2n) is 10.1. The van der Waals surface area contributed by atoms with E-state index < -0.39 is 30.0 Å². The summed E-state index contributed by atoms with van der Waals surface area (Å²) >= 11 is 0. The number of Topliss-reactive ketones (excluding diaryl/α,β-unsaturated/α-hetero) is 1. The van der Waals surface area contributed by atoms with Crippen LogP contribution in [0.4, 0.5) is 0 Å². The third kappa shape index (κ3) is 15.2. The van der Waals surface area contributed by atoms with Gasteiger partial charge >= 0.3 is 5.97 Å². The monoisotopic (exact) mass is 498 g/mol. The fourth-order valence-electron chi connectivity index (χ4n) is 3.50. The van der Waals surface area contributed by atoms with Crippen LogP contribution in [0.3, 0.4) is 0 Å². The number of ketones is 1. The molecule has 0 bridgehead atoms. The van der Waals surface area contributed by atoms with E-state index in [2.05, 4.69) is 21.3 Å². The Kier molecular flexibility index (Phi) is 15.8. The van der Waals surface area contributed by atoms with E-state index in [0.717, 1.165) is 0 Å². The number of amides is 3. The van der Waals surface area contributed by atoms with E-state index >= 15 is 0 Å². The summed E-state index contributed by atoms with van der Waals surface area (Å²) < 4.78 is 0. The highest BCUT2D eigenvalue weighted by atomic mass is 16.4. The molecule has 0 spiro atoms. The first kappa shape index (κ1) is 32.5. The molecule has 0 fully saturated rings. The fourth-order valence-corrected chi connectivity index (χ4v) is 3.50. The van der Waals surface area contributed by atoms with Crippen LogP contribution in [-0.2, 0) is 24.0 Å². The van der Waals surface area contributed by atoms with Gasteiger partial charge in [-0.25, -0.2) is 0 Å². The zero-order valence-corrected chi connectivity index (χ0v) is 22.4. The molecule has 0 radical (unpaired) electrons. The Morgan fingerprint density at radius 3 is 1.91 bits per heavy atom. The van der Waals surface area contributed by atoms with Crippen molar-refractivity contribution in [3.8, 4) is 0 Å². The highest BCUT2D eigenvalue weighted by molar-refractivity contribution is 5.94. The van der Waals surface area contributed by atoms with Gasteiger partial charge in [0, 0.05) is 24.9 Å². The molecule has 0 aliphatic heterocycles. The van der Waals surface area contributed by atoms with Crippen molar-refractivity contribution in [3.05, 3.63) is 0 Å². The molecule has 3 amide bonds. The Morgan fingerprint density at radius 1 is 0.771 bits per heavy atom. The van der Waals surface area contributed by atoms with Gasteiger partial charge in [0.25, 0.3) is 0 Å². The van der Waals surface area contributed by atoms with Crippen LogP contribution in [0.2, 0.25) is 0 Å². The molecular formula is C25H46N4O6. The molecule has 0 saturated heterocycles. The maximum absolute atomic E-state index is 12.8. The molecule has 10 nitrogen and oxygen atoms in total. The Balaban J connectivity index is 4.83. The number of nitrogens with one attached hydrogen (secondary N) is 4. The molecule has 35 heavy (non-hydrogen) atoms. The third-order valence-corrected chi connectivity index (χ3v) is 5.35. The Morgan fingerprint density at radius 2 is 1.40 bits per heavy atom. The summed E-state index contributed by atoms with van der Waals surface area (Å²) in [5.74, 6) is -2.09. The van der Waals surface area contributed by atoms with Gasteiger partial charge in [-0.3, -0.25) is 24.0 Å². The van der Waals surface area contributed by atoms with Crippen molar-refractivity contribution >= 4 is 29.5 Å². The third-order valence-electron chi connectivity index (χ3n) is 5.35. The van der Waals surface area contributed by atoms with E-state index in [0.29, 0.717) is 38.1 Å².